The molecule has 8 nitrogen and oxygen atoms in total. The molecule has 0 spiro atoms. The normalized spacial score (nSPS) is 11.1. The lowest BCUT2D eigenvalue weighted by molar-refractivity contribution is 0.102. The molecule has 0 fully saturated rings. The van der Waals surface area contributed by atoms with Crippen LogP contribution < -0.4 is 15.6 Å². The number of benzene rings is 2. The lowest BCUT2D eigenvalue weighted by Crippen LogP contribution is -2.27. The quantitative estimate of drug-likeness (QED) is 0.459. The van der Waals surface area contributed by atoms with Crippen molar-refractivity contribution in [3.8, 4) is 11.4 Å². The maximum atomic E-state index is 13.5. The van der Waals surface area contributed by atoms with Gasteiger partial charge >= 0.3 is 0 Å². The van der Waals surface area contributed by atoms with Crippen LogP contribution in [0, 0.1) is 6.92 Å². The van der Waals surface area contributed by atoms with Crippen molar-refractivity contribution in [2.75, 3.05) is 12.4 Å². The number of carbonyl (C=O) groups excluding carboxylic acids is 1. The van der Waals surface area contributed by atoms with E-state index < -0.39 is 5.91 Å². The van der Waals surface area contributed by atoms with Crippen molar-refractivity contribution in [1.82, 2.24) is 19.3 Å². The second-order valence-electron chi connectivity index (χ2n) is 7.74. The number of aryl methyl sites for hydroxylation is 2. The average molecular weight is 439 g/mol. The molecule has 5 rings (SSSR count). The van der Waals surface area contributed by atoms with Crippen LogP contribution in [0.1, 0.15) is 16.1 Å². The Kier molecular flexibility index (Phi) is 4.90. The third-order valence-electron chi connectivity index (χ3n) is 5.62. The Morgan fingerprint density at radius 3 is 2.48 bits per heavy atom. The van der Waals surface area contributed by atoms with E-state index >= 15 is 0 Å². The standard InChI is InChI=1S/C25H21N5O3/c1-15-8-13-20(26-14-15)27-24(31)22-21-18-6-4-5-7-19(18)29(2)23(21)25(32)30(28-22)16-9-11-17(33-3)12-10-16/h4-14H,1-3H3,(H,26,27,31). The summed E-state index contributed by atoms with van der Waals surface area (Å²) in [5.41, 5.74) is 2.55. The molecule has 0 aliphatic rings. The average Bonchev–Trinajstić information content (AvgIpc) is 3.14. The number of hydrogen-bond acceptors (Lipinski definition) is 5. The minimum atomic E-state index is -0.449. The summed E-state index contributed by atoms with van der Waals surface area (Å²) >= 11 is 0. The first kappa shape index (κ1) is 20.4. The number of rotatable bonds is 4. The van der Waals surface area contributed by atoms with Crippen molar-refractivity contribution >= 4 is 33.5 Å². The van der Waals surface area contributed by atoms with E-state index in [0.29, 0.717) is 28.2 Å². The van der Waals surface area contributed by atoms with Crippen LogP contribution in [0.5, 0.6) is 5.75 Å². The monoisotopic (exact) mass is 439 g/mol. The first-order valence-electron chi connectivity index (χ1n) is 10.4. The molecule has 5 aromatic rings. The number of aromatic nitrogens is 4. The summed E-state index contributed by atoms with van der Waals surface area (Å²) in [6.07, 6.45) is 1.68. The zero-order valence-electron chi connectivity index (χ0n) is 18.4. The summed E-state index contributed by atoms with van der Waals surface area (Å²) in [6.45, 7) is 1.92. The molecule has 0 aliphatic heterocycles. The number of methoxy groups -OCH3 is 1. The van der Waals surface area contributed by atoms with E-state index in [4.69, 9.17) is 4.74 Å². The zero-order valence-corrected chi connectivity index (χ0v) is 18.4. The van der Waals surface area contributed by atoms with Gasteiger partial charge in [0.25, 0.3) is 11.5 Å². The first-order valence-corrected chi connectivity index (χ1v) is 10.4. The lowest BCUT2D eigenvalue weighted by atomic mass is 10.1. The second kappa shape index (κ2) is 7.90. The number of hydrogen-bond donors (Lipinski definition) is 1. The lowest BCUT2D eigenvalue weighted by Gasteiger charge is -2.11. The van der Waals surface area contributed by atoms with Crippen LogP contribution in [0.15, 0.2) is 71.7 Å². The number of carbonyl (C=O) groups is 1. The van der Waals surface area contributed by atoms with Gasteiger partial charge in [-0.25, -0.2) is 4.98 Å². The highest BCUT2D eigenvalue weighted by atomic mass is 16.5. The Morgan fingerprint density at radius 2 is 1.79 bits per heavy atom. The molecule has 0 bridgehead atoms. The molecule has 164 valence electrons. The van der Waals surface area contributed by atoms with Crippen LogP contribution in [-0.4, -0.2) is 32.3 Å². The number of nitrogens with one attached hydrogen (secondary N) is 1. The van der Waals surface area contributed by atoms with E-state index in [9.17, 15) is 9.59 Å². The molecule has 0 atom stereocenters. The van der Waals surface area contributed by atoms with Crippen LogP contribution in [0.2, 0.25) is 0 Å². The number of ether oxygens (including phenoxy) is 1. The Hall–Kier alpha value is -4.46. The number of fused-ring (bicyclic) bond motifs is 3. The van der Waals surface area contributed by atoms with Gasteiger partial charge in [0.1, 0.15) is 17.1 Å². The molecular weight excluding hydrogens is 418 g/mol. The first-order chi connectivity index (χ1) is 16.0. The van der Waals surface area contributed by atoms with Gasteiger partial charge in [-0.1, -0.05) is 24.3 Å². The fourth-order valence-electron chi connectivity index (χ4n) is 3.95. The van der Waals surface area contributed by atoms with E-state index in [1.165, 1.54) is 4.68 Å². The van der Waals surface area contributed by atoms with Gasteiger partial charge in [0.2, 0.25) is 0 Å². The third kappa shape index (κ3) is 3.41. The number of amides is 1. The van der Waals surface area contributed by atoms with Crippen molar-refractivity contribution in [2.45, 2.75) is 6.92 Å². The fourth-order valence-corrected chi connectivity index (χ4v) is 3.95. The predicted molar refractivity (Wildman–Crippen MR) is 127 cm³/mol. The topological polar surface area (TPSA) is 91.0 Å². The Labute approximate surface area is 189 Å². The zero-order chi connectivity index (χ0) is 23.1. The van der Waals surface area contributed by atoms with Gasteiger partial charge in [-0.2, -0.15) is 9.78 Å². The highest BCUT2D eigenvalue weighted by Crippen LogP contribution is 2.29. The summed E-state index contributed by atoms with van der Waals surface area (Å²) in [5.74, 6) is 0.610. The molecule has 0 saturated heterocycles. The Bertz CT molecular complexity index is 1570. The van der Waals surface area contributed by atoms with E-state index in [2.05, 4.69) is 15.4 Å². The maximum absolute atomic E-state index is 13.5. The van der Waals surface area contributed by atoms with Crippen LogP contribution in [-0.2, 0) is 7.05 Å². The van der Waals surface area contributed by atoms with Crippen LogP contribution in [0.3, 0.4) is 0 Å². The molecule has 1 amide bonds. The molecule has 2 aromatic carbocycles. The summed E-state index contributed by atoms with van der Waals surface area (Å²) in [4.78, 5) is 31.2. The largest absolute Gasteiger partial charge is 0.497 e. The highest BCUT2D eigenvalue weighted by Gasteiger charge is 2.23. The Balaban J connectivity index is 1.77. The van der Waals surface area contributed by atoms with Crippen molar-refractivity contribution in [1.29, 1.82) is 0 Å². The second-order valence-corrected chi connectivity index (χ2v) is 7.74. The van der Waals surface area contributed by atoms with E-state index in [-0.39, 0.29) is 11.3 Å². The molecule has 0 saturated carbocycles. The van der Waals surface area contributed by atoms with Crippen LogP contribution >= 0.6 is 0 Å². The van der Waals surface area contributed by atoms with Gasteiger partial charge in [-0.15, -0.1) is 0 Å². The van der Waals surface area contributed by atoms with Crippen LogP contribution in [0.4, 0.5) is 5.82 Å². The van der Waals surface area contributed by atoms with Crippen molar-refractivity contribution in [3.63, 3.8) is 0 Å². The molecule has 0 unspecified atom stereocenters. The van der Waals surface area contributed by atoms with Gasteiger partial charge in [0, 0.05) is 29.5 Å². The smallest absolute Gasteiger partial charge is 0.296 e. The van der Waals surface area contributed by atoms with Crippen molar-refractivity contribution < 1.29 is 9.53 Å². The molecule has 33 heavy (non-hydrogen) atoms. The molecule has 3 heterocycles. The van der Waals surface area contributed by atoms with Crippen molar-refractivity contribution in [2.24, 2.45) is 7.05 Å². The molecule has 0 aliphatic carbocycles. The van der Waals surface area contributed by atoms with E-state index in [1.54, 1.807) is 48.2 Å². The molecular formula is C25H21N5O3. The number of pyridine rings is 1. The summed E-state index contributed by atoms with van der Waals surface area (Å²) in [6, 6.07) is 18.1. The number of nitrogens with zero attached hydrogens (tertiary/aromatic N) is 4. The Morgan fingerprint density at radius 1 is 1.03 bits per heavy atom. The minimum absolute atomic E-state index is 0.139. The maximum Gasteiger partial charge on any atom is 0.296 e. The van der Waals surface area contributed by atoms with Gasteiger partial charge in [-0.3, -0.25) is 9.59 Å². The highest BCUT2D eigenvalue weighted by molar-refractivity contribution is 6.19. The number of anilines is 1. The van der Waals surface area contributed by atoms with Gasteiger partial charge < -0.3 is 14.6 Å². The minimum Gasteiger partial charge on any atom is -0.497 e. The van der Waals surface area contributed by atoms with Gasteiger partial charge in [0.05, 0.1) is 12.8 Å². The summed E-state index contributed by atoms with van der Waals surface area (Å²) in [7, 11) is 3.39. The fraction of sp³-hybridized carbons (Fsp3) is 0.120. The van der Waals surface area contributed by atoms with E-state index in [1.807, 2.05) is 44.3 Å². The summed E-state index contributed by atoms with van der Waals surface area (Å²) < 4.78 is 8.27. The van der Waals surface area contributed by atoms with E-state index in [0.717, 1.165) is 16.5 Å². The van der Waals surface area contributed by atoms with Gasteiger partial charge in [0.15, 0.2) is 5.69 Å². The molecule has 3 aromatic heterocycles. The third-order valence-corrected chi connectivity index (χ3v) is 5.62. The predicted octanol–water partition coefficient (Wildman–Crippen LogP) is 3.84. The number of para-hydroxylation sites is 1. The van der Waals surface area contributed by atoms with Gasteiger partial charge in [-0.05, 0) is 48.9 Å². The molecule has 0 radical (unpaired) electrons. The van der Waals surface area contributed by atoms with Crippen LogP contribution in [0.25, 0.3) is 27.5 Å². The SMILES string of the molecule is COc1ccc(-n2nc(C(=O)Nc3ccc(C)cn3)c3c4ccccc4n(C)c3c2=O)cc1. The molecule has 8 heteroatoms. The van der Waals surface area contributed by atoms with Crippen molar-refractivity contribution in [3.05, 3.63) is 88.5 Å². The summed E-state index contributed by atoms with van der Waals surface area (Å²) in [5, 5.41) is 8.61. The molecule has 1 N–H and O–H groups in total.